The standard InChI is InChI=1S/C36H31P.4ClH.Ti/c1-5-17-30(18-6-1)29-36(31-19-7-2-8-20-31)37(34-25-13-14-26-34,35-27-15-16-28-35,32-21-9-3-10-22-32)33-23-11-4-12-24-33;;;;;/h1-29,34-35H;4*1H;/q;;;;;+4/p-4. The van der Waals surface area contributed by atoms with Gasteiger partial charge >= 0.3 is 243 Å². The van der Waals surface area contributed by atoms with E-state index in [0.29, 0.717) is 0 Å². The molecule has 0 saturated heterocycles. The molecule has 0 aromatic heterocycles. The zero-order valence-electron chi connectivity index (χ0n) is 22.9. The van der Waals surface area contributed by atoms with Crippen LogP contribution in [0.4, 0.5) is 0 Å². The van der Waals surface area contributed by atoms with E-state index in [9.17, 15) is 0 Å². The number of halogens is 4. The Labute approximate surface area is 290 Å². The molecule has 0 bridgehead atoms. The van der Waals surface area contributed by atoms with Crippen LogP contribution < -0.4 is 60.2 Å². The van der Waals surface area contributed by atoms with Crippen molar-refractivity contribution in [1.29, 1.82) is 0 Å². The molecule has 6 rings (SSSR count). The van der Waals surface area contributed by atoms with Crippen LogP contribution in [0.5, 0.6) is 0 Å². The summed E-state index contributed by atoms with van der Waals surface area (Å²) >= 11 is 0. The van der Waals surface area contributed by atoms with Gasteiger partial charge in [0.1, 0.15) is 0 Å². The van der Waals surface area contributed by atoms with Crippen molar-refractivity contribution in [3.8, 4) is 0 Å². The molecule has 2 aliphatic rings. The van der Waals surface area contributed by atoms with Crippen LogP contribution >= 0.6 is 6.60 Å². The van der Waals surface area contributed by atoms with Gasteiger partial charge in [-0.15, -0.1) is 0 Å². The first-order valence-electron chi connectivity index (χ1n) is 13.0. The molecule has 212 valence electrons. The van der Waals surface area contributed by atoms with Crippen LogP contribution in [0.3, 0.4) is 0 Å². The number of allylic oxidation sites excluding steroid dienone is 8. The minimum absolute atomic E-state index is 0. The first-order valence-corrected chi connectivity index (χ1v) is 15.4. The molecule has 2 aliphatic carbocycles. The summed E-state index contributed by atoms with van der Waals surface area (Å²) in [7, 11) is 0. The fourth-order valence-electron chi connectivity index (χ4n) is 6.51. The minimum Gasteiger partial charge on any atom is -1.00 e. The molecule has 0 N–H and O–H groups in total. The molecule has 6 heteroatoms. The molecular weight excluding hydrogens is 653 g/mol. The monoisotopic (exact) mass is 682 g/mol. The maximum atomic E-state index is 2.48. The number of rotatable bonds is 7. The van der Waals surface area contributed by atoms with Crippen molar-refractivity contribution >= 4 is 28.6 Å². The molecule has 0 spiro atoms. The van der Waals surface area contributed by atoms with Crippen LogP contribution in [-0.2, 0) is 21.7 Å². The Morgan fingerprint density at radius 1 is 0.452 bits per heavy atom. The summed E-state index contributed by atoms with van der Waals surface area (Å²) in [6, 6.07) is 44.6. The molecule has 0 radical (unpaired) electrons. The van der Waals surface area contributed by atoms with Crippen molar-refractivity contribution in [3.63, 3.8) is 0 Å². The van der Waals surface area contributed by atoms with Gasteiger partial charge in [0.15, 0.2) is 0 Å². The summed E-state index contributed by atoms with van der Waals surface area (Å²) < 4.78 is 0. The van der Waals surface area contributed by atoms with Gasteiger partial charge in [-0.25, -0.2) is 0 Å². The Bertz CT molecular complexity index is 1440. The van der Waals surface area contributed by atoms with Gasteiger partial charge in [0.25, 0.3) is 0 Å². The Morgan fingerprint density at radius 2 is 0.786 bits per heavy atom. The predicted octanol–water partition coefficient (Wildman–Crippen LogP) is -3.61. The molecule has 4 aromatic carbocycles. The van der Waals surface area contributed by atoms with Gasteiger partial charge in [0, 0.05) is 0 Å². The van der Waals surface area contributed by atoms with Crippen LogP contribution in [0.1, 0.15) is 11.1 Å². The van der Waals surface area contributed by atoms with Gasteiger partial charge in [-0.05, 0) is 0 Å². The van der Waals surface area contributed by atoms with E-state index >= 15 is 0 Å². The van der Waals surface area contributed by atoms with Gasteiger partial charge in [0.2, 0.25) is 0 Å². The van der Waals surface area contributed by atoms with Gasteiger partial charge in [-0.2, -0.15) is 0 Å². The average molecular weight is 684 g/mol. The van der Waals surface area contributed by atoms with Crippen molar-refractivity contribution in [2.24, 2.45) is 0 Å². The first kappa shape index (κ1) is 37.9. The van der Waals surface area contributed by atoms with E-state index in [-0.39, 0.29) is 82.7 Å². The van der Waals surface area contributed by atoms with E-state index in [2.05, 4.69) is 176 Å². The Balaban J connectivity index is 0.00000176. The van der Waals surface area contributed by atoms with Crippen LogP contribution in [0.15, 0.2) is 170 Å². The topological polar surface area (TPSA) is 0 Å². The quantitative estimate of drug-likeness (QED) is 0.107. The third kappa shape index (κ3) is 6.10. The van der Waals surface area contributed by atoms with E-state index in [1.165, 1.54) is 27.1 Å². The summed E-state index contributed by atoms with van der Waals surface area (Å²) in [5, 5.41) is 4.24. The van der Waals surface area contributed by atoms with Crippen molar-refractivity contribution in [2.45, 2.75) is 11.3 Å². The molecule has 4 aromatic rings. The SMILES string of the molecule is C1=CC(P(C(=Cc2ccccc2)c2ccccc2)(c2ccccc2)(c2ccccc2)C2C=CC=C2)C=C1.[Cl-].[Cl-].[Cl-].[Cl-].[Ti+4]. The van der Waals surface area contributed by atoms with Crippen molar-refractivity contribution < 1.29 is 71.3 Å². The number of hydrogen-bond donors (Lipinski definition) is 0. The molecule has 0 atom stereocenters. The Hall–Kier alpha value is -2.12. The summed E-state index contributed by atoms with van der Waals surface area (Å²) in [5.41, 5.74) is 2.92. The fraction of sp³-hybridized carbons (Fsp3) is 0.0556. The van der Waals surface area contributed by atoms with E-state index in [0.717, 1.165) is 0 Å². The van der Waals surface area contributed by atoms with Crippen molar-refractivity contribution in [1.82, 2.24) is 0 Å². The Morgan fingerprint density at radius 3 is 1.17 bits per heavy atom. The van der Waals surface area contributed by atoms with E-state index in [1.807, 2.05) is 0 Å². The smallest absolute Gasteiger partial charge is 1.00 e. The van der Waals surface area contributed by atoms with Crippen LogP contribution in [0.25, 0.3) is 11.4 Å². The first-order chi connectivity index (χ1) is 18.3. The molecule has 0 unspecified atom stereocenters. The zero-order valence-corrected chi connectivity index (χ0v) is 28.3. The largest absolute Gasteiger partial charge is 4.00 e. The molecule has 0 nitrogen and oxygen atoms in total. The zero-order chi connectivity index (χ0) is 25.0. The Kier molecular flexibility index (Phi) is 15.0. The molecule has 0 heterocycles. The second kappa shape index (κ2) is 16.7. The summed E-state index contributed by atoms with van der Waals surface area (Å²) in [5.74, 6) is 0. The van der Waals surface area contributed by atoms with Gasteiger partial charge in [0.05, 0.1) is 0 Å². The van der Waals surface area contributed by atoms with Crippen LogP contribution in [-0.4, -0.2) is 11.3 Å². The van der Waals surface area contributed by atoms with Crippen LogP contribution in [0.2, 0.25) is 0 Å². The molecule has 42 heavy (non-hydrogen) atoms. The second-order valence-electron chi connectivity index (χ2n) is 9.76. The normalized spacial score (nSPS) is 14.8. The number of benzene rings is 4. The van der Waals surface area contributed by atoms with Crippen LogP contribution in [0, 0.1) is 0 Å². The van der Waals surface area contributed by atoms with Gasteiger partial charge in [-0.3, -0.25) is 0 Å². The molecule has 0 saturated carbocycles. The number of hydrogen-bond acceptors (Lipinski definition) is 0. The predicted molar refractivity (Wildman–Crippen MR) is 164 cm³/mol. The van der Waals surface area contributed by atoms with Crippen molar-refractivity contribution in [2.75, 3.05) is 0 Å². The summed E-state index contributed by atoms with van der Waals surface area (Å²) in [6.45, 7) is -3.31. The molecular formula is C36H31Cl4PTi. The molecule has 0 aliphatic heterocycles. The van der Waals surface area contributed by atoms with E-state index in [4.69, 9.17) is 0 Å². The minimum atomic E-state index is -3.31. The van der Waals surface area contributed by atoms with Gasteiger partial charge < -0.3 is 49.6 Å². The third-order valence-electron chi connectivity index (χ3n) is 8.01. The third-order valence-corrected chi connectivity index (χ3v) is 15.4. The van der Waals surface area contributed by atoms with Gasteiger partial charge in [-0.1, -0.05) is 0 Å². The molecule has 0 amide bonds. The fourth-order valence-corrected chi connectivity index (χ4v) is 14.4. The summed E-state index contributed by atoms with van der Waals surface area (Å²) in [6.07, 6.45) is 21.2. The second-order valence-corrected chi connectivity index (χ2v) is 15.0. The van der Waals surface area contributed by atoms with E-state index in [1.54, 1.807) is 0 Å². The summed E-state index contributed by atoms with van der Waals surface area (Å²) in [4.78, 5) is 0. The molecule has 0 fully saturated rings. The van der Waals surface area contributed by atoms with Crippen molar-refractivity contribution in [3.05, 3.63) is 181 Å². The maximum Gasteiger partial charge on any atom is 4.00 e. The maximum absolute atomic E-state index is 3.31. The average Bonchev–Trinajstić information content (AvgIpc) is 3.72. The van der Waals surface area contributed by atoms with E-state index < -0.39 is 6.60 Å².